The van der Waals surface area contributed by atoms with Crippen molar-refractivity contribution in [3.05, 3.63) is 12.2 Å². The van der Waals surface area contributed by atoms with E-state index in [-0.39, 0.29) is 46.3 Å². The summed E-state index contributed by atoms with van der Waals surface area (Å²) < 4.78 is 0. The summed E-state index contributed by atoms with van der Waals surface area (Å²) in [6.07, 6.45) is 8.75. The molecule has 4 aliphatic rings. The molecule has 0 amide bonds. The SMILES string of the molecule is C=C1C[C@@]23CC[C@H]4[C@@](C)(CCC[C@@]4(C)C(=O)O)[C@@H]2CC[C@]1(O)C3.[NaH]. The molecule has 0 aromatic rings. The van der Waals surface area contributed by atoms with Gasteiger partial charge in [-0.05, 0) is 86.5 Å². The van der Waals surface area contributed by atoms with E-state index >= 15 is 0 Å². The van der Waals surface area contributed by atoms with E-state index in [4.69, 9.17) is 0 Å². The average molecular weight is 342 g/mol. The van der Waals surface area contributed by atoms with Crippen LogP contribution in [-0.2, 0) is 4.79 Å². The van der Waals surface area contributed by atoms with Crippen LogP contribution in [0.25, 0.3) is 0 Å². The van der Waals surface area contributed by atoms with Gasteiger partial charge in [-0.2, -0.15) is 0 Å². The van der Waals surface area contributed by atoms with Gasteiger partial charge < -0.3 is 10.2 Å². The zero-order valence-electron chi connectivity index (χ0n) is 14.5. The minimum absolute atomic E-state index is 0. The molecule has 2 N–H and O–H groups in total. The van der Waals surface area contributed by atoms with Crippen LogP contribution in [0.5, 0.6) is 0 Å². The van der Waals surface area contributed by atoms with Gasteiger partial charge in [-0.3, -0.25) is 4.79 Å². The fourth-order valence-corrected chi connectivity index (χ4v) is 7.61. The van der Waals surface area contributed by atoms with Gasteiger partial charge in [-0.1, -0.05) is 19.9 Å². The first-order valence-electron chi connectivity index (χ1n) is 9.30. The van der Waals surface area contributed by atoms with Crippen molar-refractivity contribution in [2.45, 2.75) is 77.2 Å². The van der Waals surface area contributed by atoms with E-state index in [2.05, 4.69) is 13.5 Å². The molecule has 0 aliphatic heterocycles. The van der Waals surface area contributed by atoms with Crippen molar-refractivity contribution in [2.75, 3.05) is 0 Å². The second kappa shape index (κ2) is 5.58. The minimum atomic E-state index is -0.634. The molecule has 4 saturated carbocycles. The maximum atomic E-state index is 12.0. The molecule has 3 nitrogen and oxygen atoms in total. The van der Waals surface area contributed by atoms with E-state index in [0.29, 0.717) is 5.92 Å². The van der Waals surface area contributed by atoms with Crippen LogP contribution in [0.2, 0.25) is 0 Å². The number of rotatable bonds is 1. The van der Waals surface area contributed by atoms with Gasteiger partial charge in [0.2, 0.25) is 0 Å². The standard InChI is InChI=1S/C20H30O3.Na.H/c1-13-11-19-9-5-14-17(2,7-4-8-18(14,3)16(21)22)15(19)6-10-20(13,23)12-19;;/h14-15,23H,1,4-12H2,2-3H3,(H,21,22);;/t14-,15-,17+,18+,19+,20-;;/m0../s1. The summed E-state index contributed by atoms with van der Waals surface area (Å²) in [4.78, 5) is 12.0. The predicted molar refractivity (Wildman–Crippen MR) is 96.1 cm³/mol. The molecule has 24 heavy (non-hydrogen) atoms. The van der Waals surface area contributed by atoms with E-state index < -0.39 is 17.0 Å². The molecule has 2 bridgehead atoms. The van der Waals surface area contributed by atoms with Crippen LogP contribution in [0.15, 0.2) is 12.2 Å². The van der Waals surface area contributed by atoms with Gasteiger partial charge in [0.1, 0.15) is 0 Å². The fraction of sp³-hybridized carbons (Fsp3) is 0.850. The Balaban J connectivity index is 0.00000169. The van der Waals surface area contributed by atoms with Crippen LogP contribution < -0.4 is 0 Å². The Bertz CT molecular complexity index is 589. The third-order valence-electron chi connectivity index (χ3n) is 8.65. The van der Waals surface area contributed by atoms with E-state index in [9.17, 15) is 15.0 Å². The average Bonchev–Trinajstić information content (AvgIpc) is 2.63. The molecule has 4 heteroatoms. The number of carboxylic acid groups (broad SMARTS) is 1. The van der Waals surface area contributed by atoms with Crippen LogP contribution >= 0.6 is 0 Å². The molecule has 0 aromatic heterocycles. The molecule has 4 aliphatic carbocycles. The van der Waals surface area contributed by atoms with Crippen LogP contribution in [0.3, 0.4) is 0 Å². The maximum absolute atomic E-state index is 12.0. The van der Waals surface area contributed by atoms with E-state index in [0.717, 1.165) is 63.4 Å². The summed E-state index contributed by atoms with van der Waals surface area (Å²) in [6, 6.07) is 0. The van der Waals surface area contributed by atoms with Gasteiger partial charge in [0.05, 0.1) is 11.0 Å². The van der Waals surface area contributed by atoms with Crippen molar-refractivity contribution in [3.63, 3.8) is 0 Å². The third kappa shape index (κ3) is 2.20. The van der Waals surface area contributed by atoms with Crippen molar-refractivity contribution in [3.8, 4) is 0 Å². The number of aliphatic carboxylic acids is 1. The molecular weight excluding hydrogens is 311 g/mol. The summed E-state index contributed by atoms with van der Waals surface area (Å²) in [5, 5.41) is 20.8. The first-order chi connectivity index (χ1) is 10.7. The molecule has 0 radical (unpaired) electrons. The molecule has 0 saturated heterocycles. The van der Waals surface area contributed by atoms with Gasteiger partial charge in [0, 0.05) is 0 Å². The Morgan fingerprint density at radius 3 is 2.46 bits per heavy atom. The molecule has 0 aromatic carbocycles. The number of carboxylic acids is 1. The second-order valence-electron chi connectivity index (χ2n) is 9.62. The van der Waals surface area contributed by atoms with Crippen molar-refractivity contribution in [1.82, 2.24) is 0 Å². The van der Waals surface area contributed by atoms with Gasteiger partial charge >= 0.3 is 35.5 Å². The molecule has 0 heterocycles. The summed E-state index contributed by atoms with van der Waals surface area (Å²) in [5.74, 6) is 0.219. The number of aliphatic hydroxyl groups is 1. The molecule has 4 rings (SSSR count). The summed E-state index contributed by atoms with van der Waals surface area (Å²) in [6.45, 7) is 8.55. The van der Waals surface area contributed by atoms with E-state index in [1.54, 1.807) is 0 Å². The molecule has 1 spiro atoms. The topological polar surface area (TPSA) is 57.5 Å². The van der Waals surface area contributed by atoms with Gasteiger partial charge in [0.25, 0.3) is 0 Å². The summed E-state index contributed by atoms with van der Waals surface area (Å²) >= 11 is 0. The van der Waals surface area contributed by atoms with Crippen LogP contribution in [0, 0.1) is 28.1 Å². The first-order valence-corrected chi connectivity index (χ1v) is 9.30. The Hall–Kier alpha value is 0.170. The van der Waals surface area contributed by atoms with E-state index in [1.807, 2.05) is 6.92 Å². The number of fused-ring (bicyclic) bond motifs is 3. The number of hydrogen-bond acceptors (Lipinski definition) is 2. The molecule has 6 atom stereocenters. The third-order valence-corrected chi connectivity index (χ3v) is 8.65. The normalized spacial score (nSPS) is 52.9. The van der Waals surface area contributed by atoms with Crippen molar-refractivity contribution < 1.29 is 15.0 Å². The Morgan fingerprint density at radius 1 is 1.12 bits per heavy atom. The molecule has 130 valence electrons. The van der Waals surface area contributed by atoms with Crippen LogP contribution in [0.4, 0.5) is 0 Å². The second-order valence-corrected chi connectivity index (χ2v) is 9.62. The quantitative estimate of drug-likeness (QED) is 0.566. The van der Waals surface area contributed by atoms with Gasteiger partial charge in [0.15, 0.2) is 0 Å². The van der Waals surface area contributed by atoms with Gasteiger partial charge in [-0.15, -0.1) is 0 Å². The van der Waals surface area contributed by atoms with Crippen LogP contribution in [0.1, 0.15) is 71.6 Å². The predicted octanol–water partition coefficient (Wildman–Crippen LogP) is 3.51. The van der Waals surface area contributed by atoms with Crippen molar-refractivity contribution in [2.24, 2.45) is 28.1 Å². The monoisotopic (exact) mass is 342 g/mol. The summed E-state index contributed by atoms with van der Waals surface area (Å²) in [5.41, 5.74) is 0.128. The Morgan fingerprint density at radius 2 is 1.79 bits per heavy atom. The summed E-state index contributed by atoms with van der Waals surface area (Å²) in [7, 11) is 0. The van der Waals surface area contributed by atoms with Crippen molar-refractivity contribution in [1.29, 1.82) is 0 Å². The fourth-order valence-electron chi connectivity index (χ4n) is 7.61. The Kier molecular flexibility index (Phi) is 4.41. The first kappa shape index (κ1) is 18.9. The number of carbonyl (C=O) groups is 1. The zero-order valence-corrected chi connectivity index (χ0v) is 14.5. The zero-order chi connectivity index (χ0) is 16.7. The van der Waals surface area contributed by atoms with Crippen molar-refractivity contribution >= 4 is 35.5 Å². The molecule has 0 unspecified atom stereocenters. The van der Waals surface area contributed by atoms with E-state index in [1.165, 1.54) is 0 Å². The molecule has 4 fully saturated rings. The van der Waals surface area contributed by atoms with Crippen LogP contribution in [-0.4, -0.2) is 51.3 Å². The van der Waals surface area contributed by atoms with Gasteiger partial charge in [-0.25, -0.2) is 0 Å². The Labute approximate surface area is 167 Å². The number of hydrogen-bond donors (Lipinski definition) is 2. The molecular formula is C20H31NaO3.